The summed E-state index contributed by atoms with van der Waals surface area (Å²) in [5.41, 5.74) is 0. The lowest BCUT2D eigenvalue weighted by atomic mass is 9.98. The maximum atomic E-state index is 12.1. The third-order valence-electron chi connectivity index (χ3n) is 4.39. The van der Waals surface area contributed by atoms with Gasteiger partial charge in [0.05, 0.1) is 13.0 Å². The quantitative estimate of drug-likeness (QED) is 0.752. The number of ether oxygens (including phenoxy) is 1. The average Bonchev–Trinajstić information content (AvgIpc) is 3.23. The topological polar surface area (TPSA) is 75.7 Å². The maximum Gasteiger partial charge on any atom is 0.310 e. The van der Waals surface area contributed by atoms with Gasteiger partial charge in [-0.2, -0.15) is 0 Å². The molecule has 0 bridgehead atoms. The molecule has 0 aromatic carbocycles. The van der Waals surface area contributed by atoms with Crippen LogP contribution >= 0.6 is 0 Å². The van der Waals surface area contributed by atoms with E-state index in [0.717, 1.165) is 19.3 Å². The minimum Gasteiger partial charge on any atom is -0.469 e. The Kier molecular flexibility index (Phi) is 5.20. The first-order valence-electron chi connectivity index (χ1n) is 7.66. The number of rotatable bonds is 5. The number of carbonyl (C=O) groups excluding carboxylic acids is 3. The highest BCUT2D eigenvalue weighted by Gasteiger charge is 2.38. The van der Waals surface area contributed by atoms with Gasteiger partial charge in [-0.25, -0.2) is 0 Å². The molecule has 1 heterocycles. The predicted octanol–water partition coefficient (Wildman–Crippen LogP) is 0.560. The van der Waals surface area contributed by atoms with Gasteiger partial charge in [-0.3, -0.25) is 14.4 Å². The first-order valence-corrected chi connectivity index (χ1v) is 7.66. The van der Waals surface area contributed by atoms with Crippen molar-refractivity contribution in [2.24, 2.45) is 17.8 Å². The van der Waals surface area contributed by atoms with E-state index < -0.39 is 0 Å². The van der Waals surface area contributed by atoms with Crippen LogP contribution in [0.15, 0.2) is 0 Å². The first-order chi connectivity index (χ1) is 10.0. The fraction of sp³-hybridized carbons (Fsp3) is 0.800. The summed E-state index contributed by atoms with van der Waals surface area (Å²) in [6.45, 7) is 3.54. The molecule has 2 amide bonds. The number of hydrogen-bond donors (Lipinski definition) is 1. The Hall–Kier alpha value is -1.59. The SMILES string of the molecule is COC(=O)[C@H]1CCCN(C(=O)CCNC(=O)C2CC2C)C1. The van der Waals surface area contributed by atoms with E-state index in [-0.39, 0.29) is 29.6 Å². The number of hydrogen-bond acceptors (Lipinski definition) is 4. The lowest BCUT2D eigenvalue weighted by molar-refractivity contribution is -0.148. The number of piperidine rings is 1. The molecule has 21 heavy (non-hydrogen) atoms. The third-order valence-corrected chi connectivity index (χ3v) is 4.39. The Morgan fingerprint density at radius 3 is 2.67 bits per heavy atom. The molecule has 1 saturated heterocycles. The van der Waals surface area contributed by atoms with Crippen molar-refractivity contribution < 1.29 is 19.1 Å². The van der Waals surface area contributed by atoms with E-state index in [2.05, 4.69) is 12.2 Å². The molecule has 118 valence electrons. The molecule has 6 nitrogen and oxygen atoms in total. The molecule has 0 aromatic heterocycles. The molecule has 1 aliphatic heterocycles. The highest BCUT2D eigenvalue weighted by molar-refractivity contribution is 5.82. The second-order valence-corrected chi connectivity index (χ2v) is 6.06. The zero-order valence-electron chi connectivity index (χ0n) is 12.8. The van der Waals surface area contributed by atoms with Crippen molar-refractivity contribution in [2.75, 3.05) is 26.7 Å². The smallest absolute Gasteiger partial charge is 0.310 e. The van der Waals surface area contributed by atoms with E-state index in [4.69, 9.17) is 4.74 Å². The van der Waals surface area contributed by atoms with Crippen molar-refractivity contribution in [3.63, 3.8) is 0 Å². The van der Waals surface area contributed by atoms with Crippen LogP contribution in [0.25, 0.3) is 0 Å². The van der Waals surface area contributed by atoms with E-state index in [1.54, 1.807) is 4.90 Å². The van der Waals surface area contributed by atoms with Crippen LogP contribution in [0.3, 0.4) is 0 Å². The van der Waals surface area contributed by atoms with Crippen molar-refractivity contribution in [1.82, 2.24) is 10.2 Å². The maximum absolute atomic E-state index is 12.1. The van der Waals surface area contributed by atoms with Gasteiger partial charge in [0, 0.05) is 32.0 Å². The largest absolute Gasteiger partial charge is 0.469 e. The fourth-order valence-electron chi connectivity index (χ4n) is 2.83. The summed E-state index contributed by atoms with van der Waals surface area (Å²) in [5.74, 6) is 0.203. The Morgan fingerprint density at radius 2 is 2.05 bits per heavy atom. The van der Waals surface area contributed by atoms with E-state index in [0.29, 0.717) is 32.0 Å². The van der Waals surface area contributed by atoms with Crippen molar-refractivity contribution in [2.45, 2.75) is 32.6 Å². The number of nitrogens with zero attached hydrogens (tertiary/aromatic N) is 1. The van der Waals surface area contributed by atoms with E-state index in [1.807, 2.05) is 0 Å². The third kappa shape index (κ3) is 4.19. The molecule has 2 rings (SSSR count). The minimum atomic E-state index is -0.247. The van der Waals surface area contributed by atoms with Crippen LogP contribution in [0.4, 0.5) is 0 Å². The van der Waals surface area contributed by atoms with Crippen molar-refractivity contribution in [1.29, 1.82) is 0 Å². The first kappa shape index (κ1) is 15.8. The van der Waals surface area contributed by atoms with Crippen LogP contribution in [0.2, 0.25) is 0 Å². The Morgan fingerprint density at radius 1 is 1.33 bits per heavy atom. The number of nitrogens with one attached hydrogen (secondary N) is 1. The number of likely N-dealkylation sites (tertiary alicyclic amines) is 1. The fourth-order valence-corrected chi connectivity index (χ4v) is 2.83. The van der Waals surface area contributed by atoms with E-state index in [1.165, 1.54) is 7.11 Å². The van der Waals surface area contributed by atoms with Crippen LogP contribution in [0, 0.1) is 17.8 Å². The molecule has 1 saturated carbocycles. The summed E-state index contributed by atoms with van der Waals surface area (Å²) in [5, 5.41) is 2.81. The van der Waals surface area contributed by atoms with Gasteiger partial charge in [0.1, 0.15) is 0 Å². The van der Waals surface area contributed by atoms with Crippen LogP contribution in [-0.2, 0) is 19.1 Å². The molecule has 2 unspecified atom stereocenters. The second-order valence-electron chi connectivity index (χ2n) is 6.06. The van der Waals surface area contributed by atoms with Gasteiger partial charge in [0.2, 0.25) is 11.8 Å². The highest BCUT2D eigenvalue weighted by Crippen LogP contribution is 2.37. The van der Waals surface area contributed by atoms with Crippen LogP contribution < -0.4 is 5.32 Å². The van der Waals surface area contributed by atoms with Crippen molar-refractivity contribution >= 4 is 17.8 Å². The monoisotopic (exact) mass is 296 g/mol. The zero-order chi connectivity index (χ0) is 15.4. The molecule has 3 atom stereocenters. The van der Waals surface area contributed by atoms with Gasteiger partial charge in [0.25, 0.3) is 0 Å². The van der Waals surface area contributed by atoms with Crippen molar-refractivity contribution in [3.05, 3.63) is 0 Å². The summed E-state index contributed by atoms with van der Waals surface area (Å²) in [6.07, 6.45) is 2.83. The summed E-state index contributed by atoms with van der Waals surface area (Å²) < 4.78 is 4.74. The molecule has 1 N–H and O–H groups in total. The molecule has 0 aromatic rings. The zero-order valence-corrected chi connectivity index (χ0v) is 12.8. The number of esters is 1. The summed E-state index contributed by atoms with van der Waals surface area (Å²) in [6, 6.07) is 0. The second kappa shape index (κ2) is 6.91. The predicted molar refractivity (Wildman–Crippen MR) is 76.2 cm³/mol. The summed E-state index contributed by atoms with van der Waals surface area (Å²) in [4.78, 5) is 37.0. The standard InChI is InChI=1S/C15H24N2O4/c1-10-8-12(10)14(19)16-6-5-13(18)17-7-3-4-11(9-17)15(20)21-2/h10-12H,3-9H2,1-2H3,(H,16,19)/t10?,11-,12?/m0/s1. The van der Waals surface area contributed by atoms with Crippen LogP contribution in [0.1, 0.15) is 32.6 Å². The van der Waals surface area contributed by atoms with Crippen molar-refractivity contribution in [3.8, 4) is 0 Å². The van der Waals surface area contributed by atoms with Crippen LogP contribution in [0.5, 0.6) is 0 Å². The Bertz CT molecular complexity index is 424. The molecule has 2 aliphatic rings. The van der Waals surface area contributed by atoms with E-state index in [9.17, 15) is 14.4 Å². The normalized spacial score (nSPS) is 27.9. The lowest BCUT2D eigenvalue weighted by Gasteiger charge is -2.31. The molecular weight excluding hydrogens is 272 g/mol. The van der Waals surface area contributed by atoms with E-state index >= 15 is 0 Å². The molecular formula is C15H24N2O4. The molecule has 0 spiro atoms. The molecule has 2 fully saturated rings. The summed E-state index contributed by atoms with van der Waals surface area (Å²) in [7, 11) is 1.37. The summed E-state index contributed by atoms with van der Waals surface area (Å²) >= 11 is 0. The van der Waals surface area contributed by atoms with Gasteiger partial charge in [-0.1, -0.05) is 6.92 Å². The van der Waals surface area contributed by atoms with Crippen LogP contribution in [-0.4, -0.2) is 49.4 Å². The average molecular weight is 296 g/mol. The molecule has 1 aliphatic carbocycles. The molecule has 6 heteroatoms. The van der Waals surface area contributed by atoms with Gasteiger partial charge in [-0.05, 0) is 25.2 Å². The van der Waals surface area contributed by atoms with Gasteiger partial charge in [0.15, 0.2) is 0 Å². The highest BCUT2D eigenvalue weighted by atomic mass is 16.5. The minimum absolute atomic E-state index is 0.00671. The lowest BCUT2D eigenvalue weighted by Crippen LogP contribution is -2.43. The number of carbonyl (C=O) groups is 3. The molecule has 0 radical (unpaired) electrons. The Labute approximate surface area is 125 Å². The number of amides is 2. The van der Waals surface area contributed by atoms with Gasteiger partial charge < -0.3 is 15.0 Å². The van der Waals surface area contributed by atoms with Gasteiger partial charge in [-0.15, -0.1) is 0 Å². The Balaban J connectivity index is 1.70. The van der Waals surface area contributed by atoms with Gasteiger partial charge >= 0.3 is 5.97 Å². The number of methoxy groups -OCH3 is 1.